The third-order valence-corrected chi connectivity index (χ3v) is 2.90. The summed E-state index contributed by atoms with van der Waals surface area (Å²) in [6, 6.07) is 5.36. The van der Waals surface area contributed by atoms with Crippen LogP contribution in [0.2, 0.25) is 5.02 Å². The van der Waals surface area contributed by atoms with Crippen molar-refractivity contribution >= 4 is 17.3 Å². The number of nitrogens with two attached hydrogens (primary N) is 1. The second-order valence-electron chi connectivity index (χ2n) is 3.99. The van der Waals surface area contributed by atoms with Crippen LogP contribution in [0.25, 0.3) is 11.4 Å². The smallest absolute Gasteiger partial charge is 0.182 e. The summed E-state index contributed by atoms with van der Waals surface area (Å²) in [5.74, 6) is 0.640. The maximum absolute atomic E-state index is 6.00. The number of halogens is 1. The number of methoxy groups -OCH3 is 1. The highest BCUT2D eigenvalue weighted by Gasteiger charge is 2.15. The maximum atomic E-state index is 6.00. The van der Waals surface area contributed by atoms with Gasteiger partial charge in [0.1, 0.15) is 0 Å². The second-order valence-corrected chi connectivity index (χ2v) is 4.39. The van der Waals surface area contributed by atoms with Crippen molar-refractivity contribution in [2.45, 2.75) is 13.0 Å². The number of nitrogen functional groups attached to an aromatic ring is 1. The molecule has 0 saturated heterocycles. The molecule has 0 radical (unpaired) electrons. The van der Waals surface area contributed by atoms with Gasteiger partial charge in [0, 0.05) is 12.7 Å². The lowest BCUT2D eigenvalue weighted by molar-refractivity contribution is 0.156. The van der Waals surface area contributed by atoms with Gasteiger partial charge < -0.3 is 10.5 Å². The van der Waals surface area contributed by atoms with Crippen LogP contribution in [-0.4, -0.2) is 33.9 Å². The SMILES string of the molecule is COCC(C)n1nnnc1-c1ccc(N)c(Cl)c1. The third-order valence-electron chi connectivity index (χ3n) is 2.58. The molecule has 1 atom stereocenters. The second kappa shape index (κ2) is 5.32. The molecule has 18 heavy (non-hydrogen) atoms. The normalized spacial score (nSPS) is 12.6. The number of aromatic nitrogens is 4. The lowest BCUT2D eigenvalue weighted by Gasteiger charge is -2.12. The minimum Gasteiger partial charge on any atom is -0.398 e. The Hall–Kier alpha value is -1.66. The van der Waals surface area contributed by atoms with E-state index in [4.69, 9.17) is 22.1 Å². The van der Waals surface area contributed by atoms with E-state index in [2.05, 4.69) is 15.5 Å². The molecular weight excluding hydrogens is 254 g/mol. The fraction of sp³-hybridized carbons (Fsp3) is 0.364. The standard InChI is InChI=1S/C11H14ClN5O/c1-7(6-18-2)17-11(14-15-16-17)8-3-4-10(13)9(12)5-8/h3-5,7H,6,13H2,1-2H3. The van der Waals surface area contributed by atoms with Crippen molar-refractivity contribution in [3.8, 4) is 11.4 Å². The Morgan fingerprint density at radius 2 is 2.28 bits per heavy atom. The number of benzene rings is 1. The highest BCUT2D eigenvalue weighted by Crippen LogP contribution is 2.26. The molecule has 0 spiro atoms. The lowest BCUT2D eigenvalue weighted by atomic mass is 10.2. The van der Waals surface area contributed by atoms with Gasteiger partial charge in [0.2, 0.25) is 0 Å². The van der Waals surface area contributed by atoms with E-state index in [-0.39, 0.29) is 6.04 Å². The number of ether oxygens (including phenoxy) is 1. The van der Waals surface area contributed by atoms with Gasteiger partial charge in [0.15, 0.2) is 5.82 Å². The average Bonchev–Trinajstić information content (AvgIpc) is 2.82. The van der Waals surface area contributed by atoms with Gasteiger partial charge >= 0.3 is 0 Å². The van der Waals surface area contributed by atoms with Crippen molar-refractivity contribution in [2.75, 3.05) is 19.5 Å². The van der Waals surface area contributed by atoms with Gasteiger partial charge in [-0.05, 0) is 35.5 Å². The summed E-state index contributed by atoms with van der Waals surface area (Å²) in [7, 11) is 1.64. The van der Waals surface area contributed by atoms with Crippen molar-refractivity contribution in [3.05, 3.63) is 23.2 Å². The van der Waals surface area contributed by atoms with E-state index < -0.39 is 0 Å². The predicted octanol–water partition coefficient (Wildman–Crippen LogP) is 1.78. The zero-order chi connectivity index (χ0) is 13.1. The minimum absolute atomic E-state index is 0.0383. The van der Waals surface area contributed by atoms with Gasteiger partial charge in [-0.1, -0.05) is 11.6 Å². The zero-order valence-corrected chi connectivity index (χ0v) is 10.9. The number of tetrazole rings is 1. The molecule has 1 aromatic carbocycles. The Labute approximate surface area is 110 Å². The highest BCUT2D eigenvalue weighted by molar-refractivity contribution is 6.33. The zero-order valence-electron chi connectivity index (χ0n) is 10.2. The highest BCUT2D eigenvalue weighted by atomic mass is 35.5. The van der Waals surface area contributed by atoms with Gasteiger partial charge in [-0.15, -0.1) is 5.10 Å². The first-order valence-electron chi connectivity index (χ1n) is 5.45. The molecule has 0 aliphatic carbocycles. The molecule has 0 saturated carbocycles. The number of anilines is 1. The molecular formula is C11H14ClN5O. The summed E-state index contributed by atoms with van der Waals surface area (Å²) >= 11 is 6.00. The van der Waals surface area contributed by atoms with Crippen LogP contribution in [0.15, 0.2) is 18.2 Å². The first-order chi connectivity index (χ1) is 8.63. The van der Waals surface area contributed by atoms with Crippen LogP contribution in [0.3, 0.4) is 0 Å². The van der Waals surface area contributed by atoms with Crippen LogP contribution < -0.4 is 5.73 Å². The predicted molar refractivity (Wildman–Crippen MR) is 69.3 cm³/mol. The van der Waals surface area contributed by atoms with Crippen LogP contribution in [0.1, 0.15) is 13.0 Å². The third kappa shape index (κ3) is 2.44. The van der Waals surface area contributed by atoms with Gasteiger partial charge in [0.05, 0.1) is 23.4 Å². The Morgan fingerprint density at radius 1 is 1.50 bits per heavy atom. The van der Waals surface area contributed by atoms with E-state index in [1.54, 1.807) is 23.9 Å². The van der Waals surface area contributed by atoms with Gasteiger partial charge in [-0.25, -0.2) is 4.68 Å². The Balaban J connectivity index is 2.39. The summed E-state index contributed by atoms with van der Waals surface area (Å²) in [6.07, 6.45) is 0. The monoisotopic (exact) mass is 267 g/mol. The molecule has 1 unspecified atom stereocenters. The maximum Gasteiger partial charge on any atom is 0.182 e. The van der Waals surface area contributed by atoms with Crippen LogP contribution in [0.5, 0.6) is 0 Å². The van der Waals surface area contributed by atoms with Crippen LogP contribution in [0, 0.1) is 0 Å². The molecule has 6 nitrogen and oxygen atoms in total. The van der Waals surface area contributed by atoms with Crippen LogP contribution in [0.4, 0.5) is 5.69 Å². The molecule has 0 amide bonds. The van der Waals surface area contributed by atoms with Gasteiger partial charge in [-0.2, -0.15) is 0 Å². The summed E-state index contributed by atoms with van der Waals surface area (Å²) in [5.41, 5.74) is 7.03. The molecule has 0 aliphatic heterocycles. The number of hydrogen-bond acceptors (Lipinski definition) is 5. The first kappa shape index (κ1) is 12.8. The van der Waals surface area contributed by atoms with Crippen molar-refractivity contribution in [2.24, 2.45) is 0 Å². The van der Waals surface area contributed by atoms with Crippen LogP contribution >= 0.6 is 11.6 Å². The van der Waals surface area contributed by atoms with Crippen molar-refractivity contribution in [1.82, 2.24) is 20.2 Å². The molecule has 1 aromatic heterocycles. The first-order valence-corrected chi connectivity index (χ1v) is 5.83. The molecule has 0 bridgehead atoms. The quantitative estimate of drug-likeness (QED) is 0.855. The summed E-state index contributed by atoms with van der Waals surface area (Å²) in [6.45, 7) is 2.50. The molecule has 2 N–H and O–H groups in total. The number of hydrogen-bond donors (Lipinski definition) is 1. The van der Waals surface area contributed by atoms with E-state index >= 15 is 0 Å². The minimum atomic E-state index is 0.0383. The molecule has 1 heterocycles. The summed E-state index contributed by atoms with van der Waals surface area (Å²) < 4.78 is 6.80. The van der Waals surface area contributed by atoms with Crippen LogP contribution in [-0.2, 0) is 4.74 Å². The number of rotatable bonds is 4. The summed E-state index contributed by atoms with van der Waals surface area (Å²) in [5, 5.41) is 12.1. The van der Waals surface area contributed by atoms with Crippen molar-refractivity contribution in [1.29, 1.82) is 0 Å². The molecule has 0 aliphatic rings. The Bertz CT molecular complexity index is 542. The van der Waals surface area contributed by atoms with Crippen molar-refractivity contribution < 1.29 is 4.74 Å². The Morgan fingerprint density at radius 3 is 2.94 bits per heavy atom. The van der Waals surface area contributed by atoms with Gasteiger partial charge in [-0.3, -0.25) is 0 Å². The average molecular weight is 268 g/mol. The molecule has 2 rings (SSSR count). The summed E-state index contributed by atoms with van der Waals surface area (Å²) in [4.78, 5) is 0. The van der Waals surface area contributed by atoms with Gasteiger partial charge in [0.25, 0.3) is 0 Å². The molecule has 2 aromatic rings. The van der Waals surface area contributed by atoms with E-state index in [0.717, 1.165) is 5.56 Å². The fourth-order valence-corrected chi connectivity index (χ4v) is 1.84. The Kier molecular flexibility index (Phi) is 3.78. The fourth-order valence-electron chi connectivity index (χ4n) is 1.66. The van der Waals surface area contributed by atoms with E-state index in [1.807, 2.05) is 13.0 Å². The van der Waals surface area contributed by atoms with E-state index in [1.165, 1.54) is 0 Å². The van der Waals surface area contributed by atoms with E-state index in [0.29, 0.717) is 23.1 Å². The van der Waals surface area contributed by atoms with E-state index in [9.17, 15) is 0 Å². The molecule has 0 fully saturated rings. The molecule has 7 heteroatoms. The number of nitrogens with zero attached hydrogens (tertiary/aromatic N) is 4. The van der Waals surface area contributed by atoms with Crippen molar-refractivity contribution in [3.63, 3.8) is 0 Å². The largest absolute Gasteiger partial charge is 0.398 e. The molecule has 96 valence electrons. The lowest BCUT2D eigenvalue weighted by Crippen LogP contribution is -2.14. The topological polar surface area (TPSA) is 78.8 Å².